The molecule has 0 radical (unpaired) electrons. The summed E-state index contributed by atoms with van der Waals surface area (Å²) in [5.41, 5.74) is 1.19. The average Bonchev–Trinajstić information content (AvgIpc) is 2.03. The Bertz CT molecular complexity index is 236. The first-order valence-corrected chi connectivity index (χ1v) is 3.99. The van der Waals surface area contributed by atoms with Crippen molar-refractivity contribution >= 4 is 30.2 Å². The number of rotatable bonds is 3. The van der Waals surface area contributed by atoms with Crippen molar-refractivity contribution in [3.8, 4) is 0 Å². The summed E-state index contributed by atoms with van der Waals surface area (Å²) in [6, 6.07) is 9.93. The van der Waals surface area contributed by atoms with Crippen LogP contribution in [0, 0.1) is 0 Å². The van der Waals surface area contributed by atoms with E-state index < -0.39 is 0 Å². The smallest absolute Gasteiger partial charge is 0.186 e. The van der Waals surface area contributed by atoms with Gasteiger partial charge in [0.25, 0.3) is 0 Å². The van der Waals surface area contributed by atoms with Gasteiger partial charge in [-0.15, -0.1) is 25.0 Å². The first-order valence-electron chi connectivity index (χ1n) is 3.55. The van der Waals surface area contributed by atoms with Crippen LogP contribution in [0.2, 0.25) is 0 Å². The van der Waals surface area contributed by atoms with Crippen molar-refractivity contribution in [1.82, 2.24) is 0 Å². The molecule has 66 valence electrons. The largest absolute Gasteiger partial charge is 0.287 e. The van der Waals surface area contributed by atoms with Crippen molar-refractivity contribution < 1.29 is 4.79 Å². The van der Waals surface area contributed by atoms with Gasteiger partial charge in [0.1, 0.15) is 0 Å². The van der Waals surface area contributed by atoms with E-state index in [0.29, 0.717) is 6.42 Å². The van der Waals surface area contributed by atoms with E-state index in [4.69, 9.17) is 0 Å². The minimum atomic E-state index is -0.0474. The van der Waals surface area contributed by atoms with E-state index in [1.165, 1.54) is 5.56 Å². The molecular formula is C9H11ClOS. The van der Waals surface area contributed by atoms with Gasteiger partial charge < -0.3 is 0 Å². The summed E-state index contributed by atoms with van der Waals surface area (Å²) < 4.78 is 0. The highest BCUT2D eigenvalue weighted by Crippen LogP contribution is 2.03. The Labute approximate surface area is 84.0 Å². The molecule has 0 aromatic heterocycles. The third-order valence-electron chi connectivity index (χ3n) is 1.47. The SMILES string of the molecule is Cl.O=C(S)CCc1ccccc1. The van der Waals surface area contributed by atoms with Gasteiger partial charge in [-0.25, -0.2) is 0 Å². The molecule has 12 heavy (non-hydrogen) atoms. The number of benzene rings is 1. The fourth-order valence-electron chi connectivity index (χ4n) is 0.896. The molecule has 1 rings (SSSR count). The number of carbonyl (C=O) groups is 1. The van der Waals surface area contributed by atoms with E-state index in [0.717, 1.165) is 6.42 Å². The Morgan fingerprint density at radius 2 is 1.83 bits per heavy atom. The van der Waals surface area contributed by atoms with E-state index in [9.17, 15) is 4.79 Å². The minimum absolute atomic E-state index is 0. The molecule has 1 aromatic carbocycles. The van der Waals surface area contributed by atoms with Crippen molar-refractivity contribution in [2.24, 2.45) is 0 Å². The highest BCUT2D eigenvalue weighted by atomic mass is 35.5. The van der Waals surface area contributed by atoms with Crippen LogP contribution in [0.4, 0.5) is 0 Å². The summed E-state index contributed by atoms with van der Waals surface area (Å²) >= 11 is 3.69. The topological polar surface area (TPSA) is 17.1 Å². The molecule has 1 nitrogen and oxygen atoms in total. The molecule has 0 heterocycles. The zero-order valence-corrected chi connectivity index (χ0v) is 8.28. The maximum absolute atomic E-state index is 10.5. The molecule has 0 aliphatic rings. The molecule has 0 saturated heterocycles. The summed E-state index contributed by atoms with van der Waals surface area (Å²) in [5.74, 6) is 0. The van der Waals surface area contributed by atoms with E-state index in [1.54, 1.807) is 0 Å². The molecule has 0 saturated carbocycles. The van der Waals surface area contributed by atoms with Gasteiger partial charge in [0.05, 0.1) is 0 Å². The Morgan fingerprint density at radius 3 is 2.33 bits per heavy atom. The summed E-state index contributed by atoms with van der Waals surface area (Å²) in [5, 5.41) is -0.0474. The highest BCUT2D eigenvalue weighted by molar-refractivity contribution is 7.96. The van der Waals surface area contributed by atoms with Gasteiger partial charge in [0.15, 0.2) is 5.12 Å². The van der Waals surface area contributed by atoms with Crippen molar-refractivity contribution in [2.45, 2.75) is 12.8 Å². The first kappa shape index (κ1) is 11.5. The van der Waals surface area contributed by atoms with Crippen LogP contribution in [0.25, 0.3) is 0 Å². The number of carbonyl (C=O) groups excluding carboxylic acids is 1. The number of hydrogen-bond acceptors (Lipinski definition) is 1. The summed E-state index contributed by atoms with van der Waals surface area (Å²) in [7, 11) is 0. The van der Waals surface area contributed by atoms with Crippen LogP contribution < -0.4 is 0 Å². The molecule has 0 spiro atoms. The monoisotopic (exact) mass is 202 g/mol. The number of halogens is 1. The fourth-order valence-corrected chi connectivity index (χ4v) is 1.01. The zero-order chi connectivity index (χ0) is 8.10. The molecule has 3 heteroatoms. The van der Waals surface area contributed by atoms with E-state index in [-0.39, 0.29) is 17.5 Å². The normalized spacial score (nSPS) is 8.75. The maximum atomic E-state index is 10.5. The predicted molar refractivity (Wildman–Crippen MR) is 56.0 cm³/mol. The molecule has 0 amide bonds. The van der Waals surface area contributed by atoms with Crippen LogP contribution in [0.15, 0.2) is 30.3 Å². The quantitative estimate of drug-likeness (QED) is 0.746. The van der Waals surface area contributed by atoms with E-state index in [2.05, 4.69) is 12.6 Å². The molecular weight excluding hydrogens is 192 g/mol. The lowest BCUT2D eigenvalue weighted by molar-refractivity contribution is -0.110. The van der Waals surface area contributed by atoms with Gasteiger partial charge in [-0.05, 0) is 12.0 Å². The number of aryl methyl sites for hydroxylation is 1. The van der Waals surface area contributed by atoms with Crippen LogP contribution in [0.5, 0.6) is 0 Å². The van der Waals surface area contributed by atoms with Gasteiger partial charge in [-0.2, -0.15) is 0 Å². The molecule has 0 aliphatic heterocycles. The Hall–Kier alpha value is -0.470. The number of thiol groups is 1. The fraction of sp³-hybridized carbons (Fsp3) is 0.222. The second kappa shape index (κ2) is 6.09. The van der Waals surface area contributed by atoms with Crippen LogP contribution in [-0.2, 0) is 11.2 Å². The van der Waals surface area contributed by atoms with Crippen molar-refractivity contribution in [1.29, 1.82) is 0 Å². The van der Waals surface area contributed by atoms with Gasteiger partial charge in [-0.1, -0.05) is 30.3 Å². The lowest BCUT2D eigenvalue weighted by atomic mass is 10.1. The third-order valence-corrected chi connectivity index (χ3v) is 1.69. The lowest BCUT2D eigenvalue weighted by Gasteiger charge is -1.95. The standard InChI is InChI=1S/C9H10OS.ClH/c10-9(11)7-6-8-4-2-1-3-5-8;/h1-5H,6-7H2,(H,10,11);1H. The molecule has 0 unspecified atom stereocenters. The Morgan fingerprint density at radius 1 is 1.25 bits per heavy atom. The molecule has 0 N–H and O–H groups in total. The van der Waals surface area contributed by atoms with E-state index in [1.807, 2.05) is 30.3 Å². The van der Waals surface area contributed by atoms with Crippen molar-refractivity contribution in [2.75, 3.05) is 0 Å². The van der Waals surface area contributed by atoms with Gasteiger partial charge in [0, 0.05) is 6.42 Å². The maximum Gasteiger partial charge on any atom is 0.186 e. The molecule has 0 fully saturated rings. The summed E-state index contributed by atoms with van der Waals surface area (Å²) in [6.07, 6.45) is 1.32. The second-order valence-corrected chi connectivity index (χ2v) is 2.88. The van der Waals surface area contributed by atoms with Crippen molar-refractivity contribution in [3.63, 3.8) is 0 Å². The van der Waals surface area contributed by atoms with Crippen LogP contribution in [-0.4, -0.2) is 5.12 Å². The molecule has 1 aromatic rings. The van der Waals surface area contributed by atoms with Gasteiger partial charge in [-0.3, -0.25) is 4.79 Å². The van der Waals surface area contributed by atoms with Gasteiger partial charge in [0.2, 0.25) is 0 Å². The van der Waals surface area contributed by atoms with Crippen molar-refractivity contribution in [3.05, 3.63) is 35.9 Å². The molecule has 0 atom stereocenters. The first-order chi connectivity index (χ1) is 5.29. The van der Waals surface area contributed by atoms with Crippen LogP contribution in [0.1, 0.15) is 12.0 Å². The highest BCUT2D eigenvalue weighted by Gasteiger charge is 1.94. The van der Waals surface area contributed by atoms with Crippen LogP contribution in [0.3, 0.4) is 0 Å². The number of hydrogen-bond donors (Lipinski definition) is 1. The average molecular weight is 203 g/mol. The van der Waals surface area contributed by atoms with Gasteiger partial charge >= 0.3 is 0 Å². The minimum Gasteiger partial charge on any atom is -0.287 e. The van der Waals surface area contributed by atoms with E-state index >= 15 is 0 Å². The summed E-state index contributed by atoms with van der Waals surface area (Å²) in [6.45, 7) is 0. The Kier molecular flexibility index (Phi) is 5.85. The van der Waals surface area contributed by atoms with Crippen LogP contribution >= 0.6 is 25.0 Å². The molecule has 0 bridgehead atoms. The second-order valence-electron chi connectivity index (χ2n) is 2.38. The predicted octanol–water partition coefficient (Wildman–Crippen LogP) is 2.50. The molecule has 0 aliphatic carbocycles. The lowest BCUT2D eigenvalue weighted by Crippen LogP contribution is -1.90. The Balaban J connectivity index is 0.00000121. The summed E-state index contributed by atoms with van der Waals surface area (Å²) in [4.78, 5) is 10.5. The third kappa shape index (κ3) is 4.42. The zero-order valence-electron chi connectivity index (χ0n) is 6.56.